The number of aliphatic hydroxyl groups is 1. The second kappa shape index (κ2) is 9.86. The fraction of sp³-hybridized carbons (Fsp3) is 0.400. The van der Waals surface area contributed by atoms with Crippen molar-refractivity contribution in [2.45, 2.75) is 19.3 Å². The van der Waals surface area contributed by atoms with Gasteiger partial charge in [0.1, 0.15) is 6.61 Å². The van der Waals surface area contributed by atoms with Crippen LogP contribution in [-0.4, -0.2) is 37.3 Å². The molecule has 0 heterocycles. The number of halogens is 2. The number of aliphatic hydroxyl groups excluding tert-OH is 1. The summed E-state index contributed by atoms with van der Waals surface area (Å²) in [6.07, 6.45) is -2.19. The second-order valence-electron chi connectivity index (χ2n) is 4.09. The first-order valence-electron chi connectivity index (χ1n) is 6.48. The predicted molar refractivity (Wildman–Crippen MR) is 75.1 cm³/mol. The molecule has 0 spiro atoms. The summed E-state index contributed by atoms with van der Waals surface area (Å²) in [4.78, 5) is 11.7. The SMILES string of the molecule is O=C(CCOCC(F)F)Nc1ccccc1C#CCCO. The molecule has 0 aliphatic carbocycles. The maximum absolute atomic E-state index is 11.8. The highest BCUT2D eigenvalue weighted by Gasteiger charge is 2.07. The number of rotatable bonds is 7. The number of hydrogen-bond acceptors (Lipinski definition) is 3. The molecule has 0 atom stereocenters. The van der Waals surface area contributed by atoms with Crippen LogP contribution in [0.25, 0.3) is 0 Å². The lowest BCUT2D eigenvalue weighted by Gasteiger charge is -2.07. The zero-order valence-electron chi connectivity index (χ0n) is 11.4. The van der Waals surface area contributed by atoms with Crippen molar-refractivity contribution in [2.75, 3.05) is 25.1 Å². The van der Waals surface area contributed by atoms with Gasteiger partial charge in [0.25, 0.3) is 6.43 Å². The number of hydrogen-bond donors (Lipinski definition) is 2. The van der Waals surface area contributed by atoms with E-state index in [1.165, 1.54) is 0 Å². The lowest BCUT2D eigenvalue weighted by molar-refractivity contribution is -0.117. The molecule has 1 rings (SSSR count). The van der Waals surface area contributed by atoms with E-state index in [0.717, 1.165) is 0 Å². The Balaban J connectivity index is 2.50. The van der Waals surface area contributed by atoms with Gasteiger partial charge in [-0.05, 0) is 12.1 Å². The maximum atomic E-state index is 11.8. The Morgan fingerprint density at radius 3 is 2.86 bits per heavy atom. The van der Waals surface area contributed by atoms with E-state index in [2.05, 4.69) is 21.9 Å². The summed E-state index contributed by atoms with van der Waals surface area (Å²) >= 11 is 0. The topological polar surface area (TPSA) is 58.6 Å². The molecule has 4 nitrogen and oxygen atoms in total. The molecule has 1 aromatic carbocycles. The molecule has 6 heteroatoms. The fourth-order valence-corrected chi connectivity index (χ4v) is 1.46. The van der Waals surface area contributed by atoms with Crippen LogP contribution in [0.3, 0.4) is 0 Å². The minimum Gasteiger partial charge on any atom is -0.395 e. The van der Waals surface area contributed by atoms with Gasteiger partial charge in [-0.3, -0.25) is 4.79 Å². The molecule has 0 aliphatic rings. The molecule has 0 radical (unpaired) electrons. The van der Waals surface area contributed by atoms with Crippen molar-refractivity contribution in [1.82, 2.24) is 0 Å². The number of amides is 1. The first kappa shape index (κ1) is 17.1. The van der Waals surface area contributed by atoms with Gasteiger partial charge in [0.15, 0.2) is 0 Å². The van der Waals surface area contributed by atoms with E-state index in [1.807, 2.05) is 0 Å². The Morgan fingerprint density at radius 2 is 2.14 bits per heavy atom. The summed E-state index contributed by atoms with van der Waals surface area (Å²) in [7, 11) is 0. The standard InChI is InChI=1S/C15H17F2NO3/c16-14(17)11-21-10-8-15(20)18-13-7-2-1-5-12(13)6-3-4-9-19/h1-2,5,7,14,19H,4,8-11H2,(H,18,20). The maximum Gasteiger partial charge on any atom is 0.261 e. The third-order valence-electron chi connectivity index (χ3n) is 2.38. The third-order valence-corrected chi connectivity index (χ3v) is 2.38. The lowest BCUT2D eigenvalue weighted by atomic mass is 10.1. The van der Waals surface area contributed by atoms with E-state index in [-0.39, 0.29) is 25.5 Å². The quantitative estimate of drug-likeness (QED) is 0.598. The van der Waals surface area contributed by atoms with Gasteiger partial charge < -0.3 is 15.2 Å². The van der Waals surface area contributed by atoms with Crippen molar-refractivity contribution in [3.05, 3.63) is 29.8 Å². The number of anilines is 1. The zero-order valence-corrected chi connectivity index (χ0v) is 11.4. The minimum absolute atomic E-state index is 0.00881. The molecule has 1 aromatic rings. The van der Waals surface area contributed by atoms with Crippen LogP contribution in [0.5, 0.6) is 0 Å². The van der Waals surface area contributed by atoms with Gasteiger partial charge in [-0.15, -0.1) is 0 Å². The number of ether oxygens (including phenoxy) is 1. The highest BCUT2D eigenvalue weighted by molar-refractivity contribution is 5.92. The molecule has 0 saturated carbocycles. The van der Waals surface area contributed by atoms with Crippen LogP contribution in [-0.2, 0) is 9.53 Å². The van der Waals surface area contributed by atoms with Gasteiger partial charge >= 0.3 is 0 Å². The van der Waals surface area contributed by atoms with Crippen LogP contribution < -0.4 is 5.32 Å². The van der Waals surface area contributed by atoms with E-state index in [9.17, 15) is 13.6 Å². The van der Waals surface area contributed by atoms with E-state index in [4.69, 9.17) is 5.11 Å². The van der Waals surface area contributed by atoms with Crippen LogP contribution in [0, 0.1) is 11.8 Å². The number of nitrogens with one attached hydrogen (secondary N) is 1. The van der Waals surface area contributed by atoms with Gasteiger partial charge in [-0.25, -0.2) is 8.78 Å². The normalized spacial score (nSPS) is 10.1. The second-order valence-corrected chi connectivity index (χ2v) is 4.09. The molecule has 0 aromatic heterocycles. The molecule has 0 aliphatic heterocycles. The molecule has 0 saturated heterocycles. The van der Waals surface area contributed by atoms with Gasteiger partial charge in [-0.2, -0.15) is 0 Å². The van der Waals surface area contributed by atoms with Crippen LogP contribution >= 0.6 is 0 Å². The van der Waals surface area contributed by atoms with Crippen molar-refractivity contribution < 1.29 is 23.4 Å². The number of para-hydroxylation sites is 1. The summed E-state index contributed by atoms with van der Waals surface area (Å²) in [6.45, 7) is -0.756. The molecule has 114 valence electrons. The summed E-state index contributed by atoms with van der Waals surface area (Å²) in [5.41, 5.74) is 1.18. The molecular formula is C15H17F2NO3. The fourth-order valence-electron chi connectivity index (χ4n) is 1.46. The molecular weight excluding hydrogens is 280 g/mol. The minimum atomic E-state index is -2.53. The highest BCUT2D eigenvalue weighted by atomic mass is 19.3. The molecule has 21 heavy (non-hydrogen) atoms. The van der Waals surface area contributed by atoms with E-state index in [1.54, 1.807) is 24.3 Å². The van der Waals surface area contributed by atoms with Crippen LogP contribution in [0.1, 0.15) is 18.4 Å². The molecule has 0 fully saturated rings. The average Bonchev–Trinajstić information content (AvgIpc) is 2.45. The van der Waals surface area contributed by atoms with Gasteiger partial charge in [0.05, 0.1) is 25.3 Å². The smallest absolute Gasteiger partial charge is 0.261 e. The first-order valence-corrected chi connectivity index (χ1v) is 6.48. The lowest BCUT2D eigenvalue weighted by Crippen LogP contribution is -2.16. The van der Waals surface area contributed by atoms with Crippen molar-refractivity contribution in [1.29, 1.82) is 0 Å². The van der Waals surface area contributed by atoms with Crippen molar-refractivity contribution in [2.24, 2.45) is 0 Å². The number of alkyl halides is 2. The van der Waals surface area contributed by atoms with Crippen LogP contribution in [0.15, 0.2) is 24.3 Å². The van der Waals surface area contributed by atoms with Crippen molar-refractivity contribution in [3.63, 3.8) is 0 Å². The first-order chi connectivity index (χ1) is 10.1. The van der Waals surface area contributed by atoms with E-state index in [0.29, 0.717) is 17.7 Å². The van der Waals surface area contributed by atoms with E-state index < -0.39 is 13.0 Å². The molecule has 1 amide bonds. The van der Waals surface area contributed by atoms with Crippen molar-refractivity contribution in [3.8, 4) is 11.8 Å². The largest absolute Gasteiger partial charge is 0.395 e. The van der Waals surface area contributed by atoms with Crippen molar-refractivity contribution >= 4 is 11.6 Å². The Hall–Kier alpha value is -1.97. The molecule has 0 bridgehead atoms. The number of benzene rings is 1. The summed E-state index contributed by atoms with van der Waals surface area (Å²) < 4.78 is 28.3. The average molecular weight is 297 g/mol. The van der Waals surface area contributed by atoms with E-state index >= 15 is 0 Å². The Morgan fingerprint density at radius 1 is 1.38 bits per heavy atom. The summed E-state index contributed by atoms with van der Waals surface area (Å²) in [6, 6.07) is 6.97. The number of carbonyl (C=O) groups excluding carboxylic acids is 1. The van der Waals surface area contributed by atoms with Crippen LogP contribution in [0.4, 0.5) is 14.5 Å². The molecule has 0 unspecified atom stereocenters. The van der Waals surface area contributed by atoms with Crippen LogP contribution in [0.2, 0.25) is 0 Å². The Labute approximate surface area is 122 Å². The van der Waals surface area contributed by atoms with Gasteiger partial charge in [0, 0.05) is 12.0 Å². The number of carbonyl (C=O) groups is 1. The third kappa shape index (κ3) is 7.40. The zero-order chi connectivity index (χ0) is 15.5. The van der Waals surface area contributed by atoms with Gasteiger partial charge in [0.2, 0.25) is 5.91 Å². The predicted octanol–water partition coefficient (Wildman–Crippen LogP) is 2.03. The Bertz CT molecular complexity index is 509. The highest BCUT2D eigenvalue weighted by Crippen LogP contribution is 2.14. The summed E-state index contributed by atoms with van der Waals surface area (Å²) in [5, 5.41) is 11.3. The molecule has 2 N–H and O–H groups in total. The summed E-state index contributed by atoms with van der Waals surface area (Å²) in [5.74, 6) is 5.28. The van der Waals surface area contributed by atoms with Gasteiger partial charge in [-0.1, -0.05) is 24.0 Å². The monoisotopic (exact) mass is 297 g/mol. The Kier molecular flexibility index (Phi) is 8.02.